The van der Waals surface area contributed by atoms with E-state index in [1.165, 1.54) is 4.88 Å². The second-order valence-corrected chi connectivity index (χ2v) is 8.15. The summed E-state index contributed by atoms with van der Waals surface area (Å²) in [6.45, 7) is 6.60. The predicted octanol–water partition coefficient (Wildman–Crippen LogP) is 5.13. The van der Waals surface area contributed by atoms with E-state index in [1.54, 1.807) is 11.3 Å². The van der Waals surface area contributed by atoms with E-state index in [-0.39, 0.29) is 5.91 Å². The third kappa shape index (κ3) is 3.35. The average molecular weight is 378 g/mol. The number of rotatable bonds is 4. The molecule has 1 unspecified atom stereocenters. The molecule has 0 N–H and O–H groups in total. The lowest BCUT2D eigenvalue weighted by molar-refractivity contribution is -0.126. The first-order valence-corrected chi connectivity index (χ1v) is 9.99. The lowest BCUT2D eigenvalue weighted by Gasteiger charge is -2.34. The van der Waals surface area contributed by atoms with Crippen molar-refractivity contribution in [3.05, 3.63) is 64.0 Å². The van der Waals surface area contributed by atoms with Crippen molar-refractivity contribution >= 4 is 22.9 Å². The quantitative estimate of drug-likeness (QED) is 0.632. The van der Waals surface area contributed by atoms with Gasteiger partial charge in [-0.25, -0.2) is 4.98 Å². The summed E-state index contributed by atoms with van der Waals surface area (Å²) >= 11 is 1.69. The maximum Gasteiger partial charge on any atom is 0.268 e. The van der Waals surface area contributed by atoms with E-state index in [9.17, 15) is 4.79 Å². The van der Waals surface area contributed by atoms with Gasteiger partial charge in [0.25, 0.3) is 5.91 Å². The van der Waals surface area contributed by atoms with Crippen LogP contribution in [0.4, 0.5) is 5.69 Å². The zero-order valence-corrected chi connectivity index (χ0v) is 16.5. The standard InChI is InChI=1S/C22H22N2O2S/c1-4-19-22(25)24(13-16-8-6-5-7-9-16)18-12-17(10-11-20(18)26-19)21-14(2)27-15(3)23-21/h5-12,19H,4,13H2,1-3H3. The number of thiazole rings is 1. The van der Waals surface area contributed by atoms with Crippen LogP contribution >= 0.6 is 11.3 Å². The molecule has 1 atom stereocenters. The van der Waals surface area contributed by atoms with Crippen LogP contribution in [0, 0.1) is 13.8 Å². The molecule has 1 aliphatic heterocycles. The van der Waals surface area contributed by atoms with Gasteiger partial charge in [0, 0.05) is 10.4 Å². The number of carbonyl (C=O) groups is 1. The summed E-state index contributed by atoms with van der Waals surface area (Å²) < 4.78 is 5.98. The van der Waals surface area contributed by atoms with Crippen LogP contribution in [0.25, 0.3) is 11.3 Å². The minimum absolute atomic E-state index is 0.0113. The van der Waals surface area contributed by atoms with Crippen LogP contribution in [-0.2, 0) is 11.3 Å². The van der Waals surface area contributed by atoms with Crippen LogP contribution in [0.1, 0.15) is 28.8 Å². The first kappa shape index (κ1) is 17.7. The summed E-state index contributed by atoms with van der Waals surface area (Å²) in [7, 11) is 0. The van der Waals surface area contributed by atoms with Crippen molar-refractivity contribution in [2.75, 3.05) is 4.90 Å². The summed E-state index contributed by atoms with van der Waals surface area (Å²) in [5.41, 5.74) is 3.90. The highest BCUT2D eigenvalue weighted by Crippen LogP contribution is 2.39. The Morgan fingerprint density at radius 2 is 1.93 bits per heavy atom. The van der Waals surface area contributed by atoms with Crippen molar-refractivity contribution in [2.24, 2.45) is 0 Å². The Bertz CT molecular complexity index is 981. The fraction of sp³-hybridized carbons (Fsp3) is 0.273. The second-order valence-electron chi connectivity index (χ2n) is 6.74. The van der Waals surface area contributed by atoms with E-state index in [2.05, 4.69) is 11.9 Å². The van der Waals surface area contributed by atoms with Crippen LogP contribution in [-0.4, -0.2) is 17.0 Å². The maximum atomic E-state index is 13.0. The van der Waals surface area contributed by atoms with Crippen molar-refractivity contribution < 1.29 is 9.53 Å². The van der Waals surface area contributed by atoms with Crippen molar-refractivity contribution in [2.45, 2.75) is 39.8 Å². The van der Waals surface area contributed by atoms with Gasteiger partial charge in [0.15, 0.2) is 6.10 Å². The highest BCUT2D eigenvalue weighted by molar-refractivity contribution is 7.11. The number of aromatic nitrogens is 1. The lowest BCUT2D eigenvalue weighted by Crippen LogP contribution is -2.45. The van der Waals surface area contributed by atoms with Gasteiger partial charge in [-0.3, -0.25) is 4.79 Å². The molecule has 3 aromatic rings. The smallest absolute Gasteiger partial charge is 0.268 e. The number of benzene rings is 2. The maximum absolute atomic E-state index is 13.0. The molecule has 0 spiro atoms. The van der Waals surface area contributed by atoms with Crippen LogP contribution in [0.3, 0.4) is 0 Å². The van der Waals surface area contributed by atoms with Crippen LogP contribution in [0.15, 0.2) is 48.5 Å². The fourth-order valence-corrected chi connectivity index (χ4v) is 4.30. The summed E-state index contributed by atoms with van der Waals surface area (Å²) in [6, 6.07) is 16.1. The monoisotopic (exact) mass is 378 g/mol. The van der Waals surface area contributed by atoms with Gasteiger partial charge in [0.1, 0.15) is 5.75 Å². The van der Waals surface area contributed by atoms with Gasteiger partial charge in [0.2, 0.25) is 0 Å². The molecule has 0 radical (unpaired) electrons. The first-order chi connectivity index (χ1) is 13.1. The lowest BCUT2D eigenvalue weighted by atomic mass is 10.1. The second kappa shape index (κ2) is 7.16. The minimum atomic E-state index is -0.435. The SMILES string of the molecule is CCC1Oc2ccc(-c3nc(C)sc3C)cc2N(Cc2ccccc2)C1=O. The summed E-state index contributed by atoms with van der Waals surface area (Å²) in [5.74, 6) is 0.767. The predicted molar refractivity (Wildman–Crippen MR) is 109 cm³/mol. The van der Waals surface area contributed by atoms with E-state index in [4.69, 9.17) is 4.74 Å². The first-order valence-electron chi connectivity index (χ1n) is 9.17. The average Bonchev–Trinajstić information content (AvgIpc) is 3.02. The van der Waals surface area contributed by atoms with Crippen molar-refractivity contribution in [1.82, 2.24) is 4.98 Å². The molecular formula is C22H22N2O2S. The van der Waals surface area contributed by atoms with Crippen molar-refractivity contribution in [1.29, 1.82) is 0 Å². The Hall–Kier alpha value is -2.66. The summed E-state index contributed by atoms with van der Waals surface area (Å²) in [4.78, 5) is 20.7. The molecule has 0 saturated heterocycles. The number of amides is 1. The van der Waals surface area contributed by atoms with Gasteiger partial charge in [-0.1, -0.05) is 37.3 Å². The molecule has 27 heavy (non-hydrogen) atoms. The van der Waals surface area contributed by atoms with E-state index in [0.29, 0.717) is 13.0 Å². The van der Waals surface area contributed by atoms with Crippen molar-refractivity contribution in [3.8, 4) is 17.0 Å². The Morgan fingerprint density at radius 1 is 1.15 bits per heavy atom. The molecule has 1 aliphatic rings. The summed E-state index contributed by atoms with van der Waals surface area (Å²) in [5, 5.41) is 1.04. The Kier molecular flexibility index (Phi) is 4.70. The largest absolute Gasteiger partial charge is 0.478 e. The Labute approximate surface area is 163 Å². The molecule has 0 aliphatic carbocycles. The molecule has 0 bridgehead atoms. The number of nitrogens with zero attached hydrogens (tertiary/aromatic N) is 2. The highest BCUT2D eigenvalue weighted by atomic mass is 32.1. The molecule has 1 aromatic heterocycles. The molecule has 0 fully saturated rings. The molecule has 4 nitrogen and oxygen atoms in total. The third-order valence-corrected chi connectivity index (χ3v) is 5.68. The zero-order chi connectivity index (χ0) is 19.0. The fourth-order valence-electron chi connectivity index (χ4n) is 3.46. The molecule has 4 rings (SSSR count). The van der Waals surface area contributed by atoms with Gasteiger partial charge in [0.05, 0.1) is 22.9 Å². The Balaban J connectivity index is 1.78. The van der Waals surface area contributed by atoms with Gasteiger partial charge in [-0.2, -0.15) is 0 Å². The number of carbonyl (C=O) groups excluding carboxylic acids is 1. The topological polar surface area (TPSA) is 42.4 Å². The third-order valence-electron chi connectivity index (χ3n) is 4.79. The highest BCUT2D eigenvalue weighted by Gasteiger charge is 2.33. The number of anilines is 1. The minimum Gasteiger partial charge on any atom is -0.478 e. The van der Waals surface area contributed by atoms with Gasteiger partial charge >= 0.3 is 0 Å². The number of fused-ring (bicyclic) bond motifs is 1. The normalized spacial score (nSPS) is 16.2. The van der Waals surface area contributed by atoms with Crippen LogP contribution < -0.4 is 9.64 Å². The number of ether oxygens (including phenoxy) is 1. The molecule has 5 heteroatoms. The van der Waals surface area contributed by atoms with E-state index in [1.807, 2.05) is 67.3 Å². The molecule has 2 heterocycles. The molecule has 2 aromatic carbocycles. The van der Waals surface area contributed by atoms with Gasteiger partial charge in [-0.05, 0) is 44.0 Å². The molecule has 138 valence electrons. The van der Waals surface area contributed by atoms with Crippen LogP contribution in [0.5, 0.6) is 5.75 Å². The Morgan fingerprint density at radius 3 is 2.59 bits per heavy atom. The summed E-state index contributed by atoms with van der Waals surface area (Å²) in [6.07, 6.45) is 0.214. The van der Waals surface area contributed by atoms with Crippen LogP contribution in [0.2, 0.25) is 0 Å². The number of hydrogen-bond acceptors (Lipinski definition) is 4. The van der Waals surface area contributed by atoms with Gasteiger partial charge in [-0.15, -0.1) is 11.3 Å². The number of hydrogen-bond donors (Lipinski definition) is 0. The van der Waals surface area contributed by atoms with E-state index in [0.717, 1.165) is 33.3 Å². The zero-order valence-electron chi connectivity index (χ0n) is 15.7. The molecule has 1 amide bonds. The molecular weight excluding hydrogens is 356 g/mol. The van der Waals surface area contributed by atoms with E-state index < -0.39 is 6.10 Å². The molecule has 0 saturated carbocycles. The van der Waals surface area contributed by atoms with Crippen molar-refractivity contribution in [3.63, 3.8) is 0 Å². The number of aryl methyl sites for hydroxylation is 2. The van der Waals surface area contributed by atoms with Gasteiger partial charge < -0.3 is 9.64 Å². The van der Waals surface area contributed by atoms with E-state index >= 15 is 0 Å².